The molecule has 0 radical (unpaired) electrons. The van der Waals surface area contributed by atoms with E-state index >= 15 is 0 Å². The highest BCUT2D eigenvalue weighted by Crippen LogP contribution is 2.40. The predicted molar refractivity (Wildman–Crippen MR) is 161 cm³/mol. The smallest absolute Gasteiger partial charge is 0.344 e. The van der Waals surface area contributed by atoms with Crippen molar-refractivity contribution in [2.45, 2.75) is 129 Å². The summed E-state index contributed by atoms with van der Waals surface area (Å²) < 4.78 is 17.1. The number of aryl methyl sites for hydroxylation is 1. The molecular formula is C35H50O5. The van der Waals surface area contributed by atoms with E-state index < -0.39 is 5.92 Å². The summed E-state index contributed by atoms with van der Waals surface area (Å²) in [6.07, 6.45) is 18.5. The molecule has 0 aromatic heterocycles. The van der Waals surface area contributed by atoms with Crippen LogP contribution in [-0.4, -0.2) is 24.6 Å². The lowest BCUT2D eigenvalue weighted by molar-refractivity contribution is -0.152. The minimum Gasteiger partial charge on any atom is -0.482 e. The third-order valence-electron chi connectivity index (χ3n) is 7.73. The van der Waals surface area contributed by atoms with Gasteiger partial charge >= 0.3 is 11.9 Å². The average Bonchev–Trinajstić information content (AvgIpc) is 3.28. The van der Waals surface area contributed by atoms with Gasteiger partial charge in [0.15, 0.2) is 6.61 Å². The van der Waals surface area contributed by atoms with Crippen LogP contribution in [0.2, 0.25) is 0 Å². The Morgan fingerprint density at radius 1 is 0.825 bits per heavy atom. The zero-order valence-electron chi connectivity index (χ0n) is 25.1. The maximum atomic E-state index is 12.6. The summed E-state index contributed by atoms with van der Waals surface area (Å²) in [4.78, 5) is 25.2. The molecule has 1 aliphatic rings. The zero-order chi connectivity index (χ0) is 28.6. The third-order valence-corrected chi connectivity index (χ3v) is 7.73. The summed E-state index contributed by atoms with van der Waals surface area (Å²) >= 11 is 0. The fraction of sp³-hybridized carbons (Fsp3) is 0.600. The van der Waals surface area contributed by atoms with Crippen LogP contribution >= 0.6 is 0 Å². The maximum Gasteiger partial charge on any atom is 0.344 e. The summed E-state index contributed by atoms with van der Waals surface area (Å²) in [5, 5.41) is 0. The predicted octanol–water partition coefficient (Wildman–Crippen LogP) is 9.23. The number of benzene rings is 2. The Morgan fingerprint density at radius 3 is 2.15 bits per heavy atom. The average molecular weight is 551 g/mol. The highest BCUT2D eigenvalue weighted by Gasteiger charge is 2.34. The topological polar surface area (TPSA) is 61.8 Å². The molecule has 2 aromatic rings. The molecule has 2 unspecified atom stereocenters. The molecule has 1 heterocycles. The van der Waals surface area contributed by atoms with Gasteiger partial charge < -0.3 is 14.2 Å². The Labute approximate surface area is 242 Å². The summed E-state index contributed by atoms with van der Waals surface area (Å²) in [6, 6.07) is 13.1. The normalized spacial score (nSPS) is 15.0. The van der Waals surface area contributed by atoms with Crippen molar-refractivity contribution >= 4 is 11.9 Å². The van der Waals surface area contributed by atoms with Crippen molar-refractivity contribution in [3.63, 3.8) is 0 Å². The standard InChI is InChI=1S/C35H50O5/c1-4-6-7-8-9-10-11-12-13-14-15-16-20-29(19-5-2)39-33(36)26-38-30-24-27(3)23-28(25-30)34-31-21-17-18-22-32(31)40-35(34)37/h17-18,21-25,29,34H,4-16,19-20,26H2,1-3H3. The van der Waals surface area contributed by atoms with E-state index in [-0.39, 0.29) is 24.6 Å². The maximum absolute atomic E-state index is 12.6. The highest BCUT2D eigenvalue weighted by molar-refractivity contribution is 5.89. The Bertz CT molecular complexity index is 1050. The molecule has 0 spiro atoms. The molecule has 0 saturated carbocycles. The van der Waals surface area contributed by atoms with Crippen LogP contribution in [0.25, 0.3) is 0 Å². The lowest BCUT2D eigenvalue weighted by Crippen LogP contribution is -2.23. The molecule has 0 amide bonds. The molecule has 220 valence electrons. The van der Waals surface area contributed by atoms with Gasteiger partial charge in [-0.05, 0) is 55.5 Å². The van der Waals surface area contributed by atoms with E-state index in [0.29, 0.717) is 11.5 Å². The van der Waals surface area contributed by atoms with Crippen LogP contribution < -0.4 is 9.47 Å². The second kappa shape index (κ2) is 17.8. The first-order valence-electron chi connectivity index (χ1n) is 15.8. The minimum absolute atomic E-state index is 0.0537. The van der Waals surface area contributed by atoms with Gasteiger partial charge in [-0.15, -0.1) is 0 Å². The molecule has 5 nitrogen and oxygen atoms in total. The van der Waals surface area contributed by atoms with Gasteiger partial charge in [0.2, 0.25) is 0 Å². The minimum atomic E-state index is -0.491. The van der Waals surface area contributed by atoms with E-state index in [4.69, 9.17) is 14.2 Å². The number of ether oxygens (including phenoxy) is 3. The van der Waals surface area contributed by atoms with Crippen LogP contribution in [0, 0.1) is 6.92 Å². The summed E-state index contributed by atoms with van der Waals surface area (Å²) in [7, 11) is 0. The molecule has 40 heavy (non-hydrogen) atoms. The zero-order valence-corrected chi connectivity index (χ0v) is 25.1. The van der Waals surface area contributed by atoms with Crippen molar-refractivity contribution < 1.29 is 23.8 Å². The molecule has 5 heteroatoms. The van der Waals surface area contributed by atoms with Crippen LogP contribution in [-0.2, 0) is 14.3 Å². The second-order valence-electron chi connectivity index (χ2n) is 11.3. The molecule has 1 aliphatic heterocycles. The first kappa shape index (κ1) is 31.7. The van der Waals surface area contributed by atoms with Crippen molar-refractivity contribution in [2.24, 2.45) is 0 Å². The van der Waals surface area contributed by atoms with Gasteiger partial charge in [0, 0.05) is 5.56 Å². The first-order valence-corrected chi connectivity index (χ1v) is 15.8. The van der Waals surface area contributed by atoms with E-state index in [1.54, 1.807) is 6.07 Å². The van der Waals surface area contributed by atoms with Crippen LogP contribution in [0.4, 0.5) is 0 Å². The number of hydrogen-bond acceptors (Lipinski definition) is 5. The van der Waals surface area contributed by atoms with Gasteiger partial charge in [-0.25, -0.2) is 4.79 Å². The lowest BCUT2D eigenvalue weighted by atomic mass is 9.91. The third kappa shape index (κ3) is 10.6. The Balaban J connectivity index is 1.37. The molecule has 0 saturated heterocycles. The van der Waals surface area contributed by atoms with Gasteiger partial charge in [-0.2, -0.15) is 0 Å². The van der Waals surface area contributed by atoms with Crippen LogP contribution in [0.15, 0.2) is 42.5 Å². The van der Waals surface area contributed by atoms with E-state index in [1.165, 1.54) is 70.6 Å². The van der Waals surface area contributed by atoms with Gasteiger partial charge in [0.1, 0.15) is 23.5 Å². The number of unbranched alkanes of at least 4 members (excludes halogenated alkanes) is 11. The number of rotatable bonds is 20. The number of carbonyl (C=O) groups excluding carboxylic acids is 2. The number of para-hydroxylation sites is 1. The second-order valence-corrected chi connectivity index (χ2v) is 11.3. The highest BCUT2D eigenvalue weighted by atomic mass is 16.6. The van der Waals surface area contributed by atoms with E-state index in [9.17, 15) is 9.59 Å². The Hall–Kier alpha value is -2.82. The summed E-state index contributed by atoms with van der Waals surface area (Å²) in [6.45, 7) is 6.20. The van der Waals surface area contributed by atoms with Crippen LogP contribution in [0.1, 0.15) is 133 Å². The van der Waals surface area contributed by atoms with Crippen molar-refractivity contribution in [1.82, 2.24) is 0 Å². The molecule has 0 bridgehead atoms. The van der Waals surface area contributed by atoms with Gasteiger partial charge in [-0.1, -0.05) is 115 Å². The molecule has 2 aromatic carbocycles. The number of hydrogen-bond donors (Lipinski definition) is 0. The van der Waals surface area contributed by atoms with Crippen molar-refractivity contribution in [1.29, 1.82) is 0 Å². The number of esters is 2. The SMILES string of the molecule is CCCCCCCCCCCCCCC(CCC)OC(=O)COc1cc(C)cc(C2C(=O)Oc3ccccc32)c1. The molecule has 3 rings (SSSR count). The fourth-order valence-corrected chi connectivity index (χ4v) is 5.61. The number of fused-ring (bicyclic) bond motifs is 1. The molecule has 2 atom stereocenters. The summed E-state index contributed by atoms with van der Waals surface area (Å²) in [5.74, 6) is 0.0237. The van der Waals surface area contributed by atoms with Crippen molar-refractivity contribution in [3.05, 3.63) is 59.2 Å². The quantitative estimate of drug-likeness (QED) is 0.0934. The molecule has 0 fully saturated rings. The van der Waals surface area contributed by atoms with E-state index in [0.717, 1.165) is 42.4 Å². The van der Waals surface area contributed by atoms with E-state index in [2.05, 4.69) is 13.8 Å². The monoisotopic (exact) mass is 550 g/mol. The largest absolute Gasteiger partial charge is 0.482 e. The van der Waals surface area contributed by atoms with Crippen LogP contribution in [0.5, 0.6) is 11.5 Å². The Kier molecular flexibility index (Phi) is 14.1. The first-order chi connectivity index (χ1) is 19.5. The molecular weight excluding hydrogens is 500 g/mol. The van der Waals surface area contributed by atoms with Gasteiger partial charge in [0.25, 0.3) is 0 Å². The van der Waals surface area contributed by atoms with Crippen molar-refractivity contribution in [2.75, 3.05) is 6.61 Å². The van der Waals surface area contributed by atoms with Crippen LogP contribution in [0.3, 0.4) is 0 Å². The fourth-order valence-electron chi connectivity index (χ4n) is 5.61. The van der Waals surface area contributed by atoms with Gasteiger partial charge in [-0.3, -0.25) is 4.79 Å². The van der Waals surface area contributed by atoms with Gasteiger partial charge in [0.05, 0.1) is 0 Å². The van der Waals surface area contributed by atoms with Crippen molar-refractivity contribution in [3.8, 4) is 11.5 Å². The summed E-state index contributed by atoms with van der Waals surface area (Å²) in [5.41, 5.74) is 2.60. The Morgan fingerprint density at radius 2 is 1.48 bits per heavy atom. The molecule has 0 N–H and O–H groups in total. The van der Waals surface area contributed by atoms with E-state index in [1.807, 2.05) is 43.3 Å². The molecule has 0 aliphatic carbocycles. The number of carbonyl (C=O) groups is 2. The lowest BCUT2D eigenvalue weighted by Gasteiger charge is -2.18.